The average molecular weight is 282 g/mol. The molecule has 0 heterocycles. The molecule has 4 nitrogen and oxygen atoms in total. The van der Waals surface area contributed by atoms with E-state index >= 15 is 0 Å². The van der Waals surface area contributed by atoms with Gasteiger partial charge in [0.05, 0.1) is 6.04 Å². The van der Waals surface area contributed by atoms with E-state index in [4.69, 9.17) is 5.73 Å². The molecule has 0 aliphatic rings. The Morgan fingerprint density at radius 1 is 1.10 bits per heavy atom. The van der Waals surface area contributed by atoms with E-state index in [1.807, 2.05) is 44.2 Å². The van der Waals surface area contributed by atoms with Gasteiger partial charge in [-0.1, -0.05) is 36.4 Å². The van der Waals surface area contributed by atoms with Gasteiger partial charge in [-0.15, -0.1) is 0 Å². The number of carbonyl (C=O) groups is 2. The first-order valence-corrected chi connectivity index (χ1v) is 6.75. The quantitative estimate of drug-likeness (QED) is 0.904. The molecular weight excluding hydrogens is 264 g/mol. The Morgan fingerprint density at radius 2 is 1.76 bits per heavy atom. The second-order valence-corrected chi connectivity index (χ2v) is 5.00. The van der Waals surface area contributed by atoms with Gasteiger partial charge >= 0.3 is 0 Å². The molecule has 1 unspecified atom stereocenters. The van der Waals surface area contributed by atoms with Crippen LogP contribution in [0, 0.1) is 6.92 Å². The van der Waals surface area contributed by atoms with Crippen LogP contribution in [0.2, 0.25) is 0 Å². The number of hydrogen-bond donors (Lipinski definition) is 2. The summed E-state index contributed by atoms with van der Waals surface area (Å²) in [5.74, 6) is -0.757. The molecule has 0 bridgehead atoms. The van der Waals surface area contributed by atoms with Crippen LogP contribution in [-0.2, 0) is 0 Å². The number of amides is 2. The van der Waals surface area contributed by atoms with Crippen LogP contribution in [0.5, 0.6) is 0 Å². The van der Waals surface area contributed by atoms with Crippen LogP contribution in [-0.4, -0.2) is 11.8 Å². The first-order chi connectivity index (χ1) is 9.99. The minimum atomic E-state index is -0.542. The highest BCUT2D eigenvalue weighted by molar-refractivity contribution is 6.00. The summed E-state index contributed by atoms with van der Waals surface area (Å²) in [5.41, 5.74) is 7.88. The maximum atomic E-state index is 12.4. The predicted octanol–water partition coefficient (Wildman–Crippen LogP) is 2.58. The predicted molar refractivity (Wildman–Crippen MR) is 82.0 cm³/mol. The summed E-state index contributed by atoms with van der Waals surface area (Å²) in [6.45, 7) is 3.74. The molecule has 4 heteroatoms. The van der Waals surface area contributed by atoms with Crippen molar-refractivity contribution >= 4 is 11.8 Å². The highest BCUT2D eigenvalue weighted by atomic mass is 16.2. The number of nitrogens with two attached hydrogens (primary N) is 1. The van der Waals surface area contributed by atoms with Crippen molar-refractivity contribution in [2.24, 2.45) is 5.73 Å². The Balaban J connectivity index is 2.21. The normalized spacial score (nSPS) is 11.7. The summed E-state index contributed by atoms with van der Waals surface area (Å²) in [6, 6.07) is 14.5. The van der Waals surface area contributed by atoms with Crippen LogP contribution in [0.25, 0.3) is 0 Å². The first-order valence-electron chi connectivity index (χ1n) is 6.75. The molecule has 2 amide bonds. The van der Waals surface area contributed by atoms with Crippen LogP contribution < -0.4 is 11.1 Å². The van der Waals surface area contributed by atoms with Gasteiger partial charge in [0, 0.05) is 11.1 Å². The summed E-state index contributed by atoms with van der Waals surface area (Å²) in [5, 5.41) is 2.93. The van der Waals surface area contributed by atoms with E-state index in [-0.39, 0.29) is 11.9 Å². The van der Waals surface area contributed by atoms with E-state index in [0.29, 0.717) is 11.1 Å². The summed E-state index contributed by atoms with van der Waals surface area (Å²) in [4.78, 5) is 23.6. The Morgan fingerprint density at radius 3 is 2.38 bits per heavy atom. The van der Waals surface area contributed by atoms with Gasteiger partial charge in [0.1, 0.15) is 0 Å². The summed E-state index contributed by atoms with van der Waals surface area (Å²) in [6.07, 6.45) is 0. The summed E-state index contributed by atoms with van der Waals surface area (Å²) < 4.78 is 0. The Labute approximate surface area is 124 Å². The smallest absolute Gasteiger partial charge is 0.252 e. The number of hydrogen-bond acceptors (Lipinski definition) is 2. The molecule has 2 aromatic carbocycles. The summed E-state index contributed by atoms with van der Waals surface area (Å²) in [7, 11) is 0. The molecule has 0 saturated heterocycles. The van der Waals surface area contributed by atoms with Crippen molar-refractivity contribution in [3.8, 4) is 0 Å². The molecule has 0 spiro atoms. The molecule has 21 heavy (non-hydrogen) atoms. The molecule has 108 valence electrons. The molecule has 0 aromatic heterocycles. The van der Waals surface area contributed by atoms with E-state index in [1.54, 1.807) is 12.1 Å². The van der Waals surface area contributed by atoms with Crippen molar-refractivity contribution < 1.29 is 9.59 Å². The molecule has 0 radical (unpaired) electrons. The monoisotopic (exact) mass is 282 g/mol. The number of nitrogens with one attached hydrogen (secondary N) is 1. The topological polar surface area (TPSA) is 72.2 Å². The highest BCUT2D eigenvalue weighted by Crippen LogP contribution is 2.15. The number of aryl methyl sites for hydroxylation is 1. The van der Waals surface area contributed by atoms with Gasteiger partial charge in [0.15, 0.2) is 0 Å². The second-order valence-electron chi connectivity index (χ2n) is 5.00. The third-order valence-corrected chi connectivity index (χ3v) is 3.41. The van der Waals surface area contributed by atoms with Gasteiger partial charge in [-0.3, -0.25) is 9.59 Å². The van der Waals surface area contributed by atoms with E-state index in [1.165, 1.54) is 6.07 Å². The highest BCUT2D eigenvalue weighted by Gasteiger charge is 2.14. The van der Waals surface area contributed by atoms with Crippen molar-refractivity contribution in [2.45, 2.75) is 19.9 Å². The Kier molecular flexibility index (Phi) is 4.38. The Hall–Kier alpha value is -2.62. The zero-order valence-corrected chi connectivity index (χ0v) is 12.1. The number of primary amides is 1. The van der Waals surface area contributed by atoms with Gasteiger partial charge in [-0.2, -0.15) is 0 Å². The fourth-order valence-electron chi connectivity index (χ4n) is 2.12. The lowest BCUT2D eigenvalue weighted by Crippen LogP contribution is -2.27. The zero-order valence-electron chi connectivity index (χ0n) is 12.1. The minimum absolute atomic E-state index is 0.115. The standard InChI is InChI=1S/C17H18N2O2/c1-11-8-9-14(16(18)20)10-15(11)17(21)19-12(2)13-6-4-3-5-7-13/h3-10,12H,1-2H3,(H2,18,20)(H,19,21). The molecule has 2 rings (SSSR count). The van der Waals surface area contributed by atoms with Crippen LogP contribution >= 0.6 is 0 Å². The molecule has 3 N–H and O–H groups in total. The zero-order chi connectivity index (χ0) is 15.4. The number of rotatable bonds is 4. The lowest BCUT2D eigenvalue weighted by molar-refractivity contribution is 0.0939. The van der Waals surface area contributed by atoms with Gasteiger partial charge < -0.3 is 11.1 Å². The fraction of sp³-hybridized carbons (Fsp3) is 0.176. The molecule has 2 aromatic rings. The third-order valence-electron chi connectivity index (χ3n) is 3.41. The molecule has 0 aliphatic heterocycles. The average Bonchev–Trinajstić information content (AvgIpc) is 2.48. The van der Waals surface area contributed by atoms with Gasteiger partial charge in [0.2, 0.25) is 5.91 Å². The third kappa shape index (κ3) is 3.48. The van der Waals surface area contributed by atoms with E-state index in [2.05, 4.69) is 5.32 Å². The Bertz CT molecular complexity index is 666. The van der Waals surface area contributed by atoms with Crippen molar-refractivity contribution in [1.82, 2.24) is 5.32 Å². The molecular formula is C17H18N2O2. The van der Waals surface area contributed by atoms with E-state index in [0.717, 1.165) is 11.1 Å². The van der Waals surface area contributed by atoms with Gasteiger partial charge in [0.25, 0.3) is 5.91 Å². The van der Waals surface area contributed by atoms with E-state index in [9.17, 15) is 9.59 Å². The van der Waals surface area contributed by atoms with Crippen LogP contribution in [0.15, 0.2) is 48.5 Å². The molecule has 0 fully saturated rings. The molecule has 0 saturated carbocycles. The van der Waals surface area contributed by atoms with Crippen molar-refractivity contribution in [3.63, 3.8) is 0 Å². The first kappa shape index (κ1) is 14.8. The largest absolute Gasteiger partial charge is 0.366 e. The van der Waals surface area contributed by atoms with Crippen LogP contribution in [0.3, 0.4) is 0 Å². The van der Waals surface area contributed by atoms with Crippen molar-refractivity contribution in [3.05, 3.63) is 70.8 Å². The maximum Gasteiger partial charge on any atom is 0.252 e. The van der Waals surface area contributed by atoms with Gasteiger partial charge in [-0.05, 0) is 37.1 Å². The maximum absolute atomic E-state index is 12.4. The van der Waals surface area contributed by atoms with Gasteiger partial charge in [-0.25, -0.2) is 0 Å². The summed E-state index contributed by atoms with van der Waals surface area (Å²) >= 11 is 0. The minimum Gasteiger partial charge on any atom is -0.366 e. The molecule has 1 atom stereocenters. The van der Waals surface area contributed by atoms with Crippen LogP contribution in [0.4, 0.5) is 0 Å². The fourth-order valence-corrected chi connectivity index (χ4v) is 2.12. The lowest BCUT2D eigenvalue weighted by atomic mass is 10.0. The number of benzene rings is 2. The SMILES string of the molecule is Cc1ccc(C(N)=O)cc1C(=O)NC(C)c1ccccc1. The lowest BCUT2D eigenvalue weighted by Gasteiger charge is -2.15. The second kappa shape index (κ2) is 6.22. The van der Waals surface area contributed by atoms with E-state index < -0.39 is 5.91 Å². The van der Waals surface area contributed by atoms with Crippen LogP contribution in [0.1, 0.15) is 44.8 Å². The number of carbonyl (C=O) groups excluding carboxylic acids is 2. The molecule has 0 aliphatic carbocycles. The van der Waals surface area contributed by atoms with Crippen molar-refractivity contribution in [1.29, 1.82) is 0 Å². The van der Waals surface area contributed by atoms with Crippen molar-refractivity contribution in [2.75, 3.05) is 0 Å².